The monoisotopic (exact) mass is 236 g/mol. The van der Waals surface area contributed by atoms with Crippen molar-refractivity contribution in [3.05, 3.63) is 29.6 Å². The third-order valence-corrected chi connectivity index (χ3v) is 3.61. The lowest BCUT2D eigenvalue weighted by Crippen LogP contribution is -2.34. The second kappa shape index (κ2) is 5.05. The summed E-state index contributed by atoms with van der Waals surface area (Å²) >= 11 is 0. The van der Waals surface area contributed by atoms with Crippen molar-refractivity contribution < 1.29 is 4.39 Å². The Kier molecular flexibility index (Phi) is 3.67. The molecule has 0 saturated carbocycles. The van der Waals surface area contributed by atoms with E-state index in [0.717, 1.165) is 24.7 Å². The number of halogens is 1. The zero-order valence-electron chi connectivity index (χ0n) is 10.6. The largest absolute Gasteiger partial charge is 0.371 e. The summed E-state index contributed by atoms with van der Waals surface area (Å²) < 4.78 is 13.8. The maximum absolute atomic E-state index is 13.8. The van der Waals surface area contributed by atoms with Crippen molar-refractivity contribution in [3.63, 3.8) is 0 Å². The summed E-state index contributed by atoms with van der Waals surface area (Å²) in [6.45, 7) is 6.12. The average Bonchev–Trinajstić information content (AvgIpc) is 2.29. The normalized spacial score (nSPS) is 19.4. The number of piperidine rings is 1. The van der Waals surface area contributed by atoms with Crippen LogP contribution in [0.1, 0.15) is 38.3 Å². The highest BCUT2D eigenvalue weighted by Crippen LogP contribution is 2.30. The van der Waals surface area contributed by atoms with Crippen molar-refractivity contribution in [2.45, 2.75) is 32.7 Å². The third-order valence-electron chi connectivity index (χ3n) is 3.61. The van der Waals surface area contributed by atoms with Crippen LogP contribution in [0.2, 0.25) is 0 Å². The van der Waals surface area contributed by atoms with Crippen LogP contribution < -0.4 is 10.6 Å². The number of benzene rings is 1. The molecule has 1 aromatic rings. The Bertz CT molecular complexity index is 382. The first-order valence-corrected chi connectivity index (χ1v) is 6.38. The predicted octanol–water partition coefficient (Wildman–Crippen LogP) is 3.08. The van der Waals surface area contributed by atoms with Gasteiger partial charge >= 0.3 is 0 Å². The predicted molar refractivity (Wildman–Crippen MR) is 69.6 cm³/mol. The van der Waals surface area contributed by atoms with Crippen LogP contribution in [0, 0.1) is 11.7 Å². The molecular weight excluding hydrogens is 215 g/mol. The fraction of sp³-hybridized carbons (Fsp3) is 0.571. The van der Waals surface area contributed by atoms with Gasteiger partial charge < -0.3 is 10.6 Å². The minimum absolute atomic E-state index is 0.184. The molecule has 1 atom stereocenters. The molecule has 1 heterocycles. The molecular formula is C14H21FN2. The molecule has 3 heteroatoms. The van der Waals surface area contributed by atoms with E-state index >= 15 is 0 Å². The molecule has 1 fully saturated rings. The number of hydrogen-bond donors (Lipinski definition) is 1. The lowest BCUT2D eigenvalue weighted by Gasteiger charge is -2.34. The van der Waals surface area contributed by atoms with E-state index in [4.69, 9.17) is 5.73 Å². The lowest BCUT2D eigenvalue weighted by molar-refractivity contribution is 0.436. The minimum atomic E-state index is -0.259. The number of nitrogens with two attached hydrogens (primary N) is 1. The molecule has 1 saturated heterocycles. The van der Waals surface area contributed by atoms with E-state index in [0.29, 0.717) is 5.56 Å². The molecule has 0 aliphatic carbocycles. The van der Waals surface area contributed by atoms with Gasteiger partial charge in [-0.25, -0.2) is 4.39 Å². The van der Waals surface area contributed by atoms with Crippen LogP contribution >= 0.6 is 0 Å². The van der Waals surface area contributed by atoms with E-state index in [-0.39, 0.29) is 11.9 Å². The highest BCUT2D eigenvalue weighted by atomic mass is 19.1. The van der Waals surface area contributed by atoms with Crippen molar-refractivity contribution in [2.75, 3.05) is 18.0 Å². The summed E-state index contributed by atoms with van der Waals surface area (Å²) in [7, 11) is 0. The van der Waals surface area contributed by atoms with Gasteiger partial charge in [-0.1, -0.05) is 13.0 Å². The fourth-order valence-electron chi connectivity index (χ4n) is 2.50. The van der Waals surface area contributed by atoms with Crippen LogP contribution in [-0.4, -0.2) is 13.1 Å². The molecule has 2 N–H and O–H groups in total. The minimum Gasteiger partial charge on any atom is -0.371 e. The van der Waals surface area contributed by atoms with Crippen LogP contribution in [0.15, 0.2) is 18.2 Å². The van der Waals surface area contributed by atoms with Gasteiger partial charge in [-0.2, -0.15) is 0 Å². The van der Waals surface area contributed by atoms with Gasteiger partial charge in [0.15, 0.2) is 0 Å². The Morgan fingerprint density at radius 1 is 1.35 bits per heavy atom. The fourth-order valence-corrected chi connectivity index (χ4v) is 2.50. The number of anilines is 1. The third kappa shape index (κ3) is 2.60. The van der Waals surface area contributed by atoms with Crippen molar-refractivity contribution >= 4 is 5.69 Å². The van der Waals surface area contributed by atoms with E-state index in [1.165, 1.54) is 18.9 Å². The molecule has 1 unspecified atom stereocenters. The summed E-state index contributed by atoms with van der Waals surface area (Å²) in [4.78, 5) is 2.27. The summed E-state index contributed by atoms with van der Waals surface area (Å²) in [5, 5.41) is 0. The van der Waals surface area contributed by atoms with Crippen LogP contribution in [-0.2, 0) is 0 Å². The molecule has 17 heavy (non-hydrogen) atoms. The smallest absolute Gasteiger partial charge is 0.130 e. The van der Waals surface area contributed by atoms with E-state index in [9.17, 15) is 4.39 Å². The Hall–Kier alpha value is -1.09. The Balaban J connectivity index is 2.28. The van der Waals surface area contributed by atoms with Gasteiger partial charge in [-0.05, 0) is 37.8 Å². The number of nitrogens with zero attached hydrogens (tertiary/aromatic N) is 1. The van der Waals surface area contributed by atoms with Crippen LogP contribution in [0.5, 0.6) is 0 Å². The van der Waals surface area contributed by atoms with Crippen LogP contribution in [0.3, 0.4) is 0 Å². The quantitative estimate of drug-likeness (QED) is 0.855. The first kappa shape index (κ1) is 12.4. The second-order valence-electron chi connectivity index (χ2n) is 5.13. The molecule has 1 aromatic carbocycles. The van der Waals surface area contributed by atoms with Crippen LogP contribution in [0.25, 0.3) is 0 Å². The molecule has 0 bridgehead atoms. The first-order valence-electron chi connectivity index (χ1n) is 6.38. The maximum atomic E-state index is 13.8. The van der Waals surface area contributed by atoms with Gasteiger partial charge in [0, 0.05) is 30.4 Å². The van der Waals surface area contributed by atoms with Gasteiger partial charge in [0.05, 0.1) is 0 Å². The van der Waals surface area contributed by atoms with Gasteiger partial charge in [0.25, 0.3) is 0 Å². The Morgan fingerprint density at radius 2 is 2.00 bits per heavy atom. The maximum Gasteiger partial charge on any atom is 0.130 e. The molecule has 0 radical (unpaired) electrons. The number of hydrogen-bond acceptors (Lipinski definition) is 2. The standard InChI is InChI=1S/C14H21FN2/c1-10-6-8-17(9-7-10)13-5-3-4-12(15)14(13)11(2)16/h3-5,10-11H,6-9,16H2,1-2H3. The van der Waals surface area contributed by atoms with Crippen molar-refractivity contribution in [2.24, 2.45) is 11.7 Å². The van der Waals surface area contributed by atoms with E-state index < -0.39 is 0 Å². The molecule has 2 rings (SSSR count). The van der Waals surface area contributed by atoms with Crippen molar-refractivity contribution in [1.29, 1.82) is 0 Å². The summed E-state index contributed by atoms with van der Waals surface area (Å²) in [5.74, 6) is 0.592. The van der Waals surface area contributed by atoms with Gasteiger partial charge in [0.1, 0.15) is 5.82 Å². The van der Waals surface area contributed by atoms with E-state index in [1.54, 1.807) is 6.07 Å². The molecule has 0 amide bonds. The van der Waals surface area contributed by atoms with E-state index in [2.05, 4.69) is 11.8 Å². The van der Waals surface area contributed by atoms with Crippen molar-refractivity contribution in [3.8, 4) is 0 Å². The Morgan fingerprint density at radius 3 is 2.59 bits per heavy atom. The SMILES string of the molecule is CC1CCN(c2cccc(F)c2C(C)N)CC1. The Labute approximate surface area is 103 Å². The summed E-state index contributed by atoms with van der Waals surface area (Å²) in [5.41, 5.74) is 7.52. The van der Waals surface area contributed by atoms with Crippen LogP contribution in [0.4, 0.5) is 10.1 Å². The van der Waals surface area contributed by atoms with Crippen molar-refractivity contribution in [1.82, 2.24) is 0 Å². The van der Waals surface area contributed by atoms with Gasteiger partial charge in [0.2, 0.25) is 0 Å². The topological polar surface area (TPSA) is 29.3 Å². The van der Waals surface area contributed by atoms with E-state index in [1.807, 2.05) is 13.0 Å². The van der Waals surface area contributed by atoms with Gasteiger partial charge in [-0.15, -0.1) is 0 Å². The highest BCUT2D eigenvalue weighted by Gasteiger charge is 2.21. The van der Waals surface area contributed by atoms with Gasteiger partial charge in [-0.3, -0.25) is 0 Å². The zero-order chi connectivity index (χ0) is 12.4. The summed E-state index contributed by atoms with van der Waals surface area (Å²) in [6, 6.07) is 4.99. The molecule has 1 aliphatic heterocycles. The molecule has 0 spiro atoms. The summed E-state index contributed by atoms with van der Waals surface area (Å²) in [6.07, 6.45) is 2.35. The second-order valence-corrected chi connectivity index (χ2v) is 5.13. The lowest BCUT2D eigenvalue weighted by atomic mass is 9.97. The molecule has 0 aromatic heterocycles. The number of rotatable bonds is 2. The molecule has 2 nitrogen and oxygen atoms in total. The molecule has 94 valence electrons. The average molecular weight is 236 g/mol. The molecule has 1 aliphatic rings. The first-order chi connectivity index (χ1) is 8.09. The zero-order valence-corrected chi connectivity index (χ0v) is 10.6. The highest BCUT2D eigenvalue weighted by molar-refractivity contribution is 5.55.